The third kappa shape index (κ3) is 2.47. The lowest BCUT2D eigenvalue weighted by atomic mass is 10.0. The van der Waals surface area contributed by atoms with E-state index in [2.05, 4.69) is 16.5 Å². The van der Waals surface area contributed by atoms with Crippen LogP contribution < -0.4 is 0 Å². The Morgan fingerprint density at radius 2 is 2.26 bits per heavy atom. The summed E-state index contributed by atoms with van der Waals surface area (Å²) in [7, 11) is 1.34. The minimum atomic E-state index is -0.556. The average Bonchev–Trinajstić information content (AvgIpc) is 2.79. The Morgan fingerprint density at radius 3 is 2.84 bits per heavy atom. The second-order valence-electron chi connectivity index (χ2n) is 4.72. The number of rotatable bonds is 3. The smallest absolute Gasteiger partial charge is 0.329 e. The highest BCUT2D eigenvalue weighted by Gasteiger charge is 2.36. The molecule has 0 radical (unpaired) electrons. The highest BCUT2D eigenvalue weighted by molar-refractivity contribution is 5.84. The van der Waals surface area contributed by atoms with Crippen molar-refractivity contribution in [3.05, 3.63) is 17.7 Å². The molecule has 1 aliphatic rings. The summed E-state index contributed by atoms with van der Waals surface area (Å²) in [5.74, 6) is -0.504. The van der Waals surface area contributed by atoms with Gasteiger partial charge in [0, 0.05) is 19.9 Å². The number of hydrogen-bond donors (Lipinski definition) is 0. The summed E-state index contributed by atoms with van der Waals surface area (Å²) in [5.41, 5.74) is 1.92. The summed E-state index contributed by atoms with van der Waals surface area (Å²) in [6.45, 7) is 4.86. The summed E-state index contributed by atoms with van der Waals surface area (Å²) >= 11 is 0. The summed E-state index contributed by atoms with van der Waals surface area (Å²) in [6, 6.07) is -0.556. The molecule has 1 aliphatic heterocycles. The molecule has 1 aromatic heterocycles. The topological polar surface area (TPSA) is 64.4 Å². The first-order valence-electron chi connectivity index (χ1n) is 6.46. The zero-order valence-electron chi connectivity index (χ0n) is 11.5. The van der Waals surface area contributed by atoms with Gasteiger partial charge >= 0.3 is 5.97 Å². The fourth-order valence-corrected chi connectivity index (χ4v) is 2.48. The molecule has 2 rings (SSSR count). The highest BCUT2D eigenvalue weighted by Crippen LogP contribution is 2.23. The molecule has 0 saturated carbocycles. The van der Waals surface area contributed by atoms with Crippen molar-refractivity contribution in [1.29, 1.82) is 0 Å². The third-order valence-corrected chi connectivity index (χ3v) is 3.46. The first-order chi connectivity index (χ1) is 9.08. The molecule has 2 heterocycles. The molecule has 0 aliphatic carbocycles. The number of nitrogens with zero attached hydrogens (tertiary/aromatic N) is 3. The Morgan fingerprint density at radius 1 is 1.53 bits per heavy atom. The lowest BCUT2D eigenvalue weighted by Gasteiger charge is -2.33. The van der Waals surface area contributed by atoms with Gasteiger partial charge in [0.25, 0.3) is 0 Å². The lowest BCUT2D eigenvalue weighted by Crippen LogP contribution is -2.48. The van der Waals surface area contributed by atoms with Crippen LogP contribution in [0.15, 0.2) is 6.33 Å². The van der Waals surface area contributed by atoms with Crippen molar-refractivity contribution in [2.24, 2.45) is 0 Å². The van der Waals surface area contributed by atoms with Gasteiger partial charge in [0.15, 0.2) is 0 Å². The van der Waals surface area contributed by atoms with E-state index in [4.69, 9.17) is 4.74 Å². The van der Waals surface area contributed by atoms with Gasteiger partial charge in [0.05, 0.1) is 31.4 Å². The van der Waals surface area contributed by atoms with Crippen molar-refractivity contribution in [2.45, 2.75) is 45.8 Å². The fourth-order valence-electron chi connectivity index (χ4n) is 2.48. The Hall–Kier alpha value is -1.85. The Balaban J connectivity index is 2.32. The predicted octanol–water partition coefficient (Wildman–Crippen LogP) is 0.739. The van der Waals surface area contributed by atoms with Crippen LogP contribution in [-0.4, -0.2) is 39.5 Å². The number of imidazole rings is 1. The zero-order valence-corrected chi connectivity index (χ0v) is 11.5. The largest absolute Gasteiger partial charge is 0.467 e. The molecule has 1 atom stereocenters. The Labute approximate surface area is 112 Å². The van der Waals surface area contributed by atoms with Gasteiger partial charge in [-0.25, -0.2) is 9.78 Å². The second kappa shape index (κ2) is 5.42. The maximum Gasteiger partial charge on any atom is 0.329 e. The Bertz CT molecular complexity index is 495. The van der Waals surface area contributed by atoms with Gasteiger partial charge < -0.3 is 14.2 Å². The van der Waals surface area contributed by atoms with Crippen LogP contribution in [-0.2, 0) is 33.8 Å². The number of aryl methyl sites for hydroxylation is 1. The first-order valence-corrected chi connectivity index (χ1v) is 6.46. The number of fused-ring (bicyclic) bond motifs is 1. The molecule has 19 heavy (non-hydrogen) atoms. The zero-order chi connectivity index (χ0) is 14.0. The number of methoxy groups -OCH3 is 1. The summed E-state index contributed by atoms with van der Waals surface area (Å²) in [6.07, 6.45) is 3.22. The predicted molar refractivity (Wildman–Crippen MR) is 68.3 cm³/mol. The maximum atomic E-state index is 11.8. The van der Waals surface area contributed by atoms with Crippen LogP contribution >= 0.6 is 0 Å². The molecule has 6 nitrogen and oxygen atoms in total. The van der Waals surface area contributed by atoms with Gasteiger partial charge in [-0.1, -0.05) is 6.92 Å². The molecule has 1 amide bonds. The molecule has 0 N–H and O–H groups in total. The molecular weight excluding hydrogens is 246 g/mol. The number of ether oxygens (including phenoxy) is 1. The van der Waals surface area contributed by atoms with E-state index in [1.165, 1.54) is 14.0 Å². The van der Waals surface area contributed by atoms with Crippen molar-refractivity contribution < 1.29 is 14.3 Å². The number of esters is 1. The number of carbonyl (C=O) groups excluding carboxylic acids is 2. The van der Waals surface area contributed by atoms with Crippen molar-refractivity contribution in [2.75, 3.05) is 7.11 Å². The molecule has 1 unspecified atom stereocenters. The van der Waals surface area contributed by atoms with Crippen LogP contribution in [0.2, 0.25) is 0 Å². The van der Waals surface area contributed by atoms with Gasteiger partial charge in [0.1, 0.15) is 6.04 Å². The maximum absolute atomic E-state index is 11.8. The van der Waals surface area contributed by atoms with Crippen molar-refractivity contribution in [3.8, 4) is 0 Å². The van der Waals surface area contributed by atoms with E-state index in [9.17, 15) is 9.59 Å². The van der Waals surface area contributed by atoms with E-state index < -0.39 is 6.04 Å². The summed E-state index contributed by atoms with van der Waals surface area (Å²) in [4.78, 5) is 29.4. The van der Waals surface area contributed by atoms with Crippen LogP contribution in [0.25, 0.3) is 0 Å². The monoisotopic (exact) mass is 265 g/mol. The van der Waals surface area contributed by atoms with Crippen molar-refractivity contribution in [1.82, 2.24) is 14.5 Å². The van der Waals surface area contributed by atoms with Crippen LogP contribution in [0.1, 0.15) is 31.7 Å². The molecule has 0 fully saturated rings. The lowest BCUT2D eigenvalue weighted by molar-refractivity contribution is -0.153. The summed E-state index contributed by atoms with van der Waals surface area (Å²) in [5, 5.41) is 0. The molecule has 6 heteroatoms. The fraction of sp³-hybridized carbons (Fsp3) is 0.615. The van der Waals surface area contributed by atoms with Gasteiger partial charge in [-0.15, -0.1) is 0 Å². The molecule has 104 valence electrons. The number of hydrogen-bond acceptors (Lipinski definition) is 4. The second-order valence-corrected chi connectivity index (χ2v) is 4.72. The number of amides is 1. The van der Waals surface area contributed by atoms with Gasteiger partial charge in [-0.05, 0) is 6.42 Å². The molecular formula is C13H19N3O3. The van der Waals surface area contributed by atoms with Crippen molar-refractivity contribution >= 4 is 11.9 Å². The van der Waals surface area contributed by atoms with Crippen LogP contribution in [0, 0.1) is 0 Å². The van der Waals surface area contributed by atoms with E-state index >= 15 is 0 Å². The SMILES string of the molecule is CCCn1cnc2c1CN(C(C)=O)C(C(=O)OC)C2. The first kappa shape index (κ1) is 13.6. The minimum absolute atomic E-state index is 0.120. The molecule has 0 bridgehead atoms. The Kier molecular flexibility index (Phi) is 3.87. The van der Waals surface area contributed by atoms with E-state index in [0.29, 0.717) is 13.0 Å². The molecule has 0 saturated heterocycles. The number of carbonyl (C=O) groups is 2. The van der Waals surface area contributed by atoms with E-state index in [1.54, 1.807) is 11.2 Å². The van der Waals surface area contributed by atoms with Gasteiger partial charge in [0.2, 0.25) is 5.91 Å². The number of aromatic nitrogens is 2. The third-order valence-electron chi connectivity index (χ3n) is 3.46. The minimum Gasteiger partial charge on any atom is -0.467 e. The van der Waals surface area contributed by atoms with Crippen molar-refractivity contribution in [3.63, 3.8) is 0 Å². The average molecular weight is 265 g/mol. The summed E-state index contributed by atoms with van der Waals surface area (Å²) < 4.78 is 6.83. The van der Waals surface area contributed by atoms with E-state index in [1.807, 2.05) is 0 Å². The molecule has 0 spiro atoms. The van der Waals surface area contributed by atoms with Gasteiger partial charge in [-0.3, -0.25) is 4.79 Å². The van der Waals surface area contributed by atoms with Crippen LogP contribution in [0.4, 0.5) is 0 Å². The van der Waals surface area contributed by atoms with Gasteiger partial charge in [-0.2, -0.15) is 0 Å². The van der Waals surface area contributed by atoms with E-state index in [-0.39, 0.29) is 11.9 Å². The van der Waals surface area contributed by atoms with Crippen LogP contribution in [0.5, 0.6) is 0 Å². The highest BCUT2D eigenvalue weighted by atomic mass is 16.5. The standard InChI is InChI=1S/C13H19N3O3/c1-4-5-15-8-14-10-6-11(13(18)19-3)16(9(2)17)7-12(10)15/h8,11H,4-7H2,1-3H3. The van der Waals surface area contributed by atoms with E-state index in [0.717, 1.165) is 24.4 Å². The molecule has 0 aromatic carbocycles. The quantitative estimate of drug-likeness (QED) is 0.756. The van der Waals surface area contributed by atoms with Crippen LogP contribution in [0.3, 0.4) is 0 Å². The normalized spacial score (nSPS) is 18.1. The molecule has 1 aromatic rings.